The number of thiophene rings is 1. The van der Waals surface area contributed by atoms with Gasteiger partial charge in [-0.1, -0.05) is 0 Å². The number of anilines is 1. The highest BCUT2D eigenvalue weighted by atomic mass is 32.1. The Balaban J connectivity index is 1.89. The van der Waals surface area contributed by atoms with Crippen molar-refractivity contribution in [3.05, 3.63) is 39.7 Å². The molecule has 18 heavy (non-hydrogen) atoms. The van der Waals surface area contributed by atoms with E-state index in [-0.39, 0.29) is 6.04 Å². The fraction of sp³-hybridized carbons (Fsp3) is 0.308. The number of hydrogen-bond acceptors (Lipinski definition) is 5. The number of nitrogens with zero attached hydrogens (tertiary/aromatic N) is 3. The summed E-state index contributed by atoms with van der Waals surface area (Å²) in [7, 11) is 0. The first-order valence-corrected chi connectivity index (χ1v) is 6.81. The van der Waals surface area contributed by atoms with Crippen LogP contribution in [0.5, 0.6) is 0 Å². The van der Waals surface area contributed by atoms with E-state index >= 15 is 0 Å². The van der Waals surface area contributed by atoms with E-state index < -0.39 is 0 Å². The second-order valence-electron chi connectivity index (χ2n) is 4.29. The van der Waals surface area contributed by atoms with Gasteiger partial charge in [-0.2, -0.15) is 10.4 Å². The van der Waals surface area contributed by atoms with Crippen LogP contribution in [0.25, 0.3) is 0 Å². The SMILES string of the molecule is N#Cc1ccnnc1NC1CCCc2sccc21. The first kappa shape index (κ1) is 11.2. The zero-order chi connectivity index (χ0) is 12.4. The minimum atomic E-state index is 0.254. The van der Waals surface area contributed by atoms with E-state index in [9.17, 15) is 0 Å². The predicted molar refractivity (Wildman–Crippen MR) is 70.4 cm³/mol. The fourth-order valence-corrected chi connectivity index (χ4v) is 3.32. The molecule has 0 saturated carbocycles. The van der Waals surface area contributed by atoms with Crippen molar-refractivity contribution >= 4 is 17.2 Å². The predicted octanol–water partition coefficient (Wildman–Crippen LogP) is 2.90. The van der Waals surface area contributed by atoms with Gasteiger partial charge in [0.25, 0.3) is 0 Å². The summed E-state index contributed by atoms with van der Waals surface area (Å²) in [4.78, 5) is 1.45. The second kappa shape index (κ2) is 4.75. The van der Waals surface area contributed by atoms with Crippen LogP contribution in [0.15, 0.2) is 23.7 Å². The summed E-state index contributed by atoms with van der Waals surface area (Å²) in [6.45, 7) is 0. The molecule has 0 saturated heterocycles. The molecule has 0 bridgehead atoms. The molecule has 5 heteroatoms. The smallest absolute Gasteiger partial charge is 0.167 e. The topological polar surface area (TPSA) is 61.6 Å². The summed E-state index contributed by atoms with van der Waals surface area (Å²) in [5.74, 6) is 0.587. The van der Waals surface area contributed by atoms with Crippen LogP contribution in [-0.2, 0) is 6.42 Å². The molecular weight excluding hydrogens is 244 g/mol. The maximum absolute atomic E-state index is 9.05. The monoisotopic (exact) mass is 256 g/mol. The number of hydrogen-bond donors (Lipinski definition) is 1. The Bertz CT molecular complexity index is 599. The highest BCUT2D eigenvalue weighted by molar-refractivity contribution is 7.10. The van der Waals surface area contributed by atoms with Gasteiger partial charge in [0.05, 0.1) is 17.8 Å². The highest BCUT2D eigenvalue weighted by Crippen LogP contribution is 2.35. The van der Waals surface area contributed by atoms with Crippen molar-refractivity contribution in [3.8, 4) is 6.07 Å². The minimum absolute atomic E-state index is 0.254. The molecule has 0 fully saturated rings. The van der Waals surface area contributed by atoms with E-state index in [0.29, 0.717) is 11.4 Å². The van der Waals surface area contributed by atoms with Crippen LogP contribution in [0.3, 0.4) is 0 Å². The molecule has 2 aromatic heterocycles. The Morgan fingerprint density at radius 3 is 3.28 bits per heavy atom. The molecule has 0 aromatic carbocycles. The summed E-state index contributed by atoms with van der Waals surface area (Å²) in [5.41, 5.74) is 1.90. The Morgan fingerprint density at radius 1 is 1.44 bits per heavy atom. The summed E-state index contributed by atoms with van der Waals surface area (Å²) < 4.78 is 0. The van der Waals surface area contributed by atoms with Crippen LogP contribution in [0.4, 0.5) is 5.82 Å². The van der Waals surface area contributed by atoms with Crippen LogP contribution >= 0.6 is 11.3 Å². The summed E-state index contributed by atoms with van der Waals surface area (Å²) in [5, 5.41) is 22.4. The zero-order valence-corrected chi connectivity index (χ0v) is 10.6. The lowest BCUT2D eigenvalue weighted by atomic mass is 9.94. The van der Waals surface area contributed by atoms with Gasteiger partial charge in [0.15, 0.2) is 5.82 Å². The Labute approximate surface area is 109 Å². The molecule has 1 N–H and O–H groups in total. The molecule has 0 radical (unpaired) electrons. The van der Waals surface area contributed by atoms with Crippen LogP contribution in [0.2, 0.25) is 0 Å². The number of nitrogens with one attached hydrogen (secondary N) is 1. The molecule has 1 unspecified atom stereocenters. The van der Waals surface area contributed by atoms with E-state index in [2.05, 4.69) is 33.0 Å². The first-order valence-electron chi connectivity index (χ1n) is 5.93. The van der Waals surface area contributed by atoms with Gasteiger partial charge in [-0.15, -0.1) is 16.4 Å². The second-order valence-corrected chi connectivity index (χ2v) is 5.29. The number of rotatable bonds is 2. The third-order valence-electron chi connectivity index (χ3n) is 3.20. The van der Waals surface area contributed by atoms with Crippen molar-refractivity contribution in [1.82, 2.24) is 10.2 Å². The van der Waals surface area contributed by atoms with Gasteiger partial charge in [-0.25, -0.2) is 0 Å². The van der Waals surface area contributed by atoms with Crippen LogP contribution in [0, 0.1) is 11.3 Å². The molecule has 0 amide bonds. The summed E-state index contributed by atoms with van der Waals surface area (Å²) in [6, 6.07) is 6.25. The number of aryl methyl sites for hydroxylation is 1. The molecule has 1 aliphatic rings. The van der Waals surface area contributed by atoms with Gasteiger partial charge in [-0.3, -0.25) is 0 Å². The lowest BCUT2D eigenvalue weighted by molar-refractivity contribution is 0.605. The zero-order valence-electron chi connectivity index (χ0n) is 9.76. The van der Waals surface area contributed by atoms with Gasteiger partial charge in [-0.05, 0) is 42.3 Å². The van der Waals surface area contributed by atoms with Gasteiger partial charge in [0.2, 0.25) is 0 Å². The minimum Gasteiger partial charge on any atom is -0.361 e. The lowest BCUT2D eigenvalue weighted by Crippen LogP contribution is -2.17. The van der Waals surface area contributed by atoms with Crippen molar-refractivity contribution in [3.63, 3.8) is 0 Å². The third kappa shape index (κ3) is 1.95. The molecule has 0 aliphatic heterocycles. The number of fused-ring (bicyclic) bond motifs is 1. The molecule has 0 spiro atoms. The lowest BCUT2D eigenvalue weighted by Gasteiger charge is -2.24. The molecule has 2 heterocycles. The average Bonchev–Trinajstić information content (AvgIpc) is 2.89. The van der Waals surface area contributed by atoms with Crippen LogP contribution in [0.1, 0.15) is 34.9 Å². The van der Waals surface area contributed by atoms with E-state index in [1.54, 1.807) is 12.3 Å². The average molecular weight is 256 g/mol. The number of aromatic nitrogens is 2. The van der Waals surface area contributed by atoms with Crippen molar-refractivity contribution in [2.45, 2.75) is 25.3 Å². The largest absolute Gasteiger partial charge is 0.361 e. The van der Waals surface area contributed by atoms with Crippen LogP contribution in [-0.4, -0.2) is 10.2 Å². The molecule has 2 aromatic rings. The molecule has 3 rings (SSSR count). The summed E-state index contributed by atoms with van der Waals surface area (Å²) >= 11 is 1.81. The Morgan fingerprint density at radius 2 is 2.39 bits per heavy atom. The first-order chi connectivity index (χ1) is 8.88. The van der Waals surface area contributed by atoms with Gasteiger partial charge in [0.1, 0.15) is 6.07 Å². The van der Waals surface area contributed by atoms with E-state index in [4.69, 9.17) is 5.26 Å². The van der Waals surface area contributed by atoms with Crippen molar-refractivity contribution in [2.24, 2.45) is 0 Å². The van der Waals surface area contributed by atoms with E-state index in [0.717, 1.165) is 12.8 Å². The quantitative estimate of drug-likeness (QED) is 0.897. The van der Waals surface area contributed by atoms with E-state index in [1.165, 1.54) is 16.9 Å². The standard InChI is InChI=1S/C13H12N4S/c14-8-9-4-6-15-17-13(9)16-11-2-1-3-12-10(11)5-7-18-12/h4-7,11H,1-3H2,(H,16,17). The van der Waals surface area contributed by atoms with Crippen molar-refractivity contribution in [1.29, 1.82) is 5.26 Å². The highest BCUT2D eigenvalue weighted by Gasteiger charge is 2.22. The third-order valence-corrected chi connectivity index (χ3v) is 4.20. The van der Waals surface area contributed by atoms with Gasteiger partial charge < -0.3 is 5.32 Å². The molecule has 1 atom stereocenters. The molecular formula is C13H12N4S. The van der Waals surface area contributed by atoms with Crippen molar-refractivity contribution in [2.75, 3.05) is 5.32 Å². The molecule has 1 aliphatic carbocycles. The normalized spacial score (nSPS) is 17.8. The molecule has 90 valence electrons. The number of nitriles is 1. The van der Waals surface area contributed by atoms with Gasteiger partial charge in [0, 0.05) is 4.88 Å². The summed E-state index contributed by atoms with van der Waals surface area (Å²) in [6.07, 6.45) is 4.95. The molecule has 4 nitrogen and oxygen atoms in total. The maximum atomic E-state index is 9.05. The van der Waals surface area contributed by atoms with E-state index in [1.807, 2.05) is 11.3 Å². The Hall–Kier alpha value is -1.93. The Kier molecular flexibility index (Phi) is 2.95. The maximum Gasteiger partial charge on any atom is 0.167 e. The van der Waals surface area contributed by atoms with Crippen molar-refractivity contribution < 1.29 is 0 Å². The van der Waals surface area contributed by atoms with Crippen LogP contribution < -0.4 is 5.32 Å². The van der Waals surface area contributed by atoms with Gasteiger partial charge >= 0.3 is 0 Å². The fourth-order valence-electron chi connectivity index (χ4n) is 2.33.